The highest BCUT2D eigenvalue weighted by Gasteiger charge is 2.39. The molecule has 0 radical (unpaired) electrons. The van der Waals surface area contributed by atoms with Crippen LogP contribution in [0.3, 0.4) is 0 Å². The quantitative estimate of drug-likeness (QED) is 0.516. The van der Waals surface area contributed by atoms with E-state index in [-0.39, 0.29) is 40.8 Å². The highest BCUT2D eigenvalue weighted by Crippen LogP contribution is 2.35. The van der Waals surface area contributed by atoms with Gasteiger partial charge in [-0.25, -0.2) is 0 Å². The van der Waals surface area contributed by atoms with Crippen LogP contribution in [-0.4, -0.2) is 54.7 Å². The van der Waals surface area contributed by atoms with Crippen molar-refractivity contribution < 1.29 is 22.7 Å². The zero-order valence-corrected chi connectivity index (χ0v) is 18.8. The lowest BCUT2D eigenvalue weighted by atomic mass is 9.75. The molecule has 3 rings (SSSR count). The number of carbonyl (C=O) groups excluding carboxylic acids is 1. The van der Waals surface area contributed by atoms with Crippen LogP contribution in [-0.2, 0) is 22.3 Å². The van der Waals surface area contributed by atoms with Gasteiger partial charge in [0.25, 0.3) is 5.91 Å². The first-order valence-corrected chi connectivity index (χ1v) is 10.6. The van der Waals surface area contributed by atoms with E-state index >= 15 is 0 Å². The lowest BCUT2D eigenvalue weighted by Crippen LogP contribution is -2.57. The summed E-state index contributed by atoms with van der Waals surface area (Å²) in [5, 5.41) is 14.0. The summed E-state index contributed by atoms with van der Waals surface area (Å²) in [5.74, 6) is -0.120. The Balaban J connectivity index is 1.76. The van der Waals surface area contributed by atoms with Crippen molar-refractivity contribution in [3.05, 3.63) is 64.8 Å². The highest BCUT2D eigenvalue weighted by molar-refractivity contribution is 6.14. The maximum atomic E-state index is 13.2. The van der Waals surface area contributed by atoms with Gasteiger partial charge in [-0.2, -0.15) is 13.2 Å². The second-order valence-corrected chi connectivity index (χ2v) is 8.28. The Bertz CT molecular complexity index is 1010. The lowest BCUT2D eigenvalue weighted by molar-refractivity contribution is -0.142. The van der Waals surface area contributed by atoms with E-state index in [4.69, 9.17) is 10.1 Å². The zero-order chi connectivity index (χ0) is 24.2. The number of rotatable bonds is 8. The van der Waals surface area contributed by atoms with Gasteiger partial charge in [-0.15, -0.1) is 0 Å². The summed E-state index contributed by atoms with van der Waals surface area (Å²) in [7, 11) is 5.56. The monoisotopic (exact) mass is 463 g/mol. The number of pyridine rings is 1. The Morgan fingerprint density at radius 3 is 2.61 bits per heavy atom. The Morgan fingerprint density at radius 2 is 2.03 bits per heavy atom. The van der Waals surface area contributed by atoms with Gasteiger partial charge in [-0.1, -0.05) is 6.07 Å². The van der Waals surface area contributed by atoms with E-state index in [0.29, 0.717) is 12.1 Å². The number of halogens is 3. The zero-order valence-electron chi connectivity index (χ0n) is 18.8. The van der Waals surface area contributed by atoms with Crippen LogP contribution < -0.4 is 10.6 Å². The number of hydrogen-bond donors (Lipinski definition) is 3. The average Bonchev–Trinajstić information content (AvgIpc) is 2.73. The van der Waals surface area contributed by atoms with Crippen molar-refractivity contribution in [3.63, 3.8) is 0 Å². The van der Waals surface area contributed by atoms with Gasteiger partial charge in [0.1, 0.15) is 18.1 Å². The molecule has 1 aromatic heterocycles. The molecule has 0 bridgehead atoms. The number of carbonyl (C=O) groups is 1. The number of hydrogen-bond acceptors (Lipinski definition) is 6. The number of likely N-dealkylation sites (N-methyl/N-ethyl adjacent to an activating group) is 2. The van der Waals surface area contributed by atoms with Gasteiger partial charge < -0.3 is 25.7 Å². The summed E-state index contributed by atoms with van der Waals surface area (Å²) in [5.41, 5.74) is -0.603. The van der Waals surface area contributed by atoms with E-state index in [0.717, 1.165) is 25.5 Å². The van der Waals surface area contributed by atoms with Crippen LogP contribution in [0.5, 0.6) is 0 Å². The van der Waals surface area contributed by atoms with Crippen molar-refractivity contribution >= 4 is 11.6 Å². The second-order valence-electron chi connectivity index (χ2n) is 8.28. The van der Waals surface area contributed by atoms with Gasteiger partial charge in [-0.05, 0) is 57.7 Å². The van der Waals surface area contributed by atoms with Gasteiger partial charge in [0.05, 0.1) is 5.71 Å². The lowest BCUT2D eigenvalue weighted by Gasteiger charge is -2.47. The molecule has 0 saturated heterocycles. The summed E-state index contributed by atoms with van der Waals surface area (Å²) < 4.78 is 45.1. The van der Waals surface area contributed by atoms with Crippen LogP contribution in [0.25, 0.3) is 0 Å². The van der Waals surface area contributed by atoms with Crippen LogP contribution in [0.2, 0.25) is 0 Å². The molecule has 7 nitrogen and oxygen atoms in total. The number of nitrogens with zero attached hydrogens (tertiary/aromatic N) is 2. The van der Waals surface area contributed by atoms with Crippen molar-refractivity contribution in [2.24, 2.45) is 0 Å². The Morgan fingerprint density at radius 1 is 1.30 bits per heavy atom. The first-order chi connectivity index (χ1) is 15.6. The molecular formula is C23H28F3N5O2. The molecule has 33 heavy (non-hydrogen) atoms. The summed E-state index contributed by atoms with van der Waals surface area (Å²) in [6.07, 6.45) is 3.99. The van der Waals surface area contributed by atoms with Crippen molar-refractivity contribution in [2.45, 2.75) is 37.6 Å². The fourth-order valence-electron chi connectivity index (χ4n) is 3.86. The predicted molar refractivity (Wildman–Crippen MR) is 118 cm³/mol. The fourth-order valence-corrected chi connectivity index (χ4v) is 3.86. The van der Waals surface area contributed by atoms with Crippen molar-refractivity contribution in [1.29, 1.82) is 5.41 Å². The fraction of sp³-hybridized carbons (Fsp3) is 0.435. The Hall–Kier alpha value is -3.14. The molecule has 1 amide bonds. The van der Waals surface area contributed by atoms with Gasteiger partial charge in [0.15, 0.2) is 5.69 Å². The molecule has 2 aliphatic rings. The van der Waals surface area contributed by atoms with Crippen LogP contribution in [0, 0.1) is 5.41 Å². The molecule has 3 N–H and O–H groups in total. The largest absolute Gasteiger partial charge is 0.489 e. The molecule has 0 aromatic carbocycles. The molecule has 0 aliphatic heterocycles. The summed E-state index contributed by atoms with van der Waals surface area (Å²) in [4.78, 5) is 18.4. The van der Waals surface area contributed by atoms with Crippen molar-refractivity contribution in [3.8, 4) is 0 Å². The first kappa shape index (κ1) is 24.5. The number of ether oxygens (including phenoxy) is 1. The molecule has 0 unspecified atom stereocenters. The van der Waals surface area contributed by atoms with Crippen molar-refractivity contribution in [2.75, 3.05) is 27.7 Å². The summed E-state index contributed by atoms with van der Waals surface area (Å²) >= 11 is 0. The maximum Gasteiger partial charge on any atom is 0.433 e. The van der Waals surface area contributed by atoms with Crippen LogP contribution in [0.4, 0.5) is 13.2 Å². The van der Waals surface area contributed by atoms with Crippen molar-refractivity contribution in [1.82, 2.24) is 20.5 Å². The van der Waals surface area contributed by atoms with Crippen LogP contribution >= 0.6 is 0 Å². The molecule has 1 aromatic rings. The molecule has 0 spiro atoms. The number of aromatic nitrogens is 1. The molecule has 0 atom stereocenters. The standard InChI is InChI=1S/C23H28F3N5O2/c1-28-19(21(32)30-14-22(31(2)3)9-5-10-22)17-12-16(7-8-18(17)27)33-13-15-6-4-11-29-20(15)23(24,25)26/h4,6-8,11-12,27-28H,5,9-10,13-14H2,1-3H3,(H,30,32)/b19-17-,27-18?. The Kier molecular flexibility index (Phi) is 7.26. The average molecular weight is 464 g/mol. The van der Waals surface area contributed by atoms with E-state index in [9.17, 15) is 18.0 Å². The van der Waals surface area contributed by atoms with Crippen LogP contribution in [0.15, 0.2) is 53.6 Å². The summed E-state index contributed by atoms with van der Waals surface area (Å²) in [6.45, 7) is 0.126. The van der Waals surface area contributed by atoms with E-state index < -0.39 is 11.9 Å². The SMILES string of the molecule is CN/C(C(=O)NCC1(N(C)C)CCC1)=C1/C=C(OCc2cccnc2C(F)(F)F)C=CC1=N. The molecule has 1 heterocycles. The Labute approximate surface area is 190 Å². The highest BCUT2D eigenvalue weighted by atomic mass is 19.4. The summed E-state index contributed by atoms with van der Waals surface area (Å²) in [6, 6.07) is 2.71. The minimum Gasteiger partial charge on any atom is -0.489 e. The third kappa shape index (κ3) is 5.44. The van der Waals surface area contributed by atoms with E-state index in [1.807, 2.05) is 14.1 Å². The third-order valence-electron chi connectivity index (χ3n) is 6.10. The topological polar surface area (TPSA) is 90.3 Å². The normalized spacial score (nSPS) is 19.0. The van der Waals surface area contributed by atoms with Gasteiger partial charge >= 0.3 is 6.18 Å². The maximum absolute atomic E-state index is 13.2. The van der Waals surface area contributed by atoms with Gasteiger partial charge in [0, 0.05) is 36.5 Å². The van der Waals surface area contributed by atoms with Crippen LogP contribution in [0.1, 0.15) is 30.5 Å². The molecule has 10 heteroatoms. The van der Waals surface area contributed by atoms with Gasteiger partial charge in [0.2, 0.25) is 0 Å². The van der Waals surface area contributed by atoms with Gasteiger partial charge in [-0.3, -0.25) is 9.78 Å². The predicted octanol–water partition coefficient (Wildman–Crippen LogP) is 3.16. The first-order valence-electron chi connectivity index (χ1n) is 10.6. The smallest absolute Gasteiger partial charge is 0.433 e. The number of amides is 1. The number of allylic oxidation sites excluding steroid dienone is 4. The number of nitrogens with one attached hydrogen (secondary N) is 3. The second kappa shape index (κ2) is 9.78. The molecule has 1 saturated carbocycles. The van der Waals surface area contributed by atoms with E-state index in [1.165, 1.54) is 30.4 Å². The molecule has 1 fully saturated rings. The molecular weight excluding hydrogens is 435 g/mol. The molecule has 178 valence electrons. The minimum atomic E-state index is -4.59. The minimum absolute atomic E-state index is 0.0663. The van der Waals surface area contributed by atoms with E-state index in [1.54, 1.807) is 7.05 Å². The van der Waals surface area contributed by atoms with E-state index in [2.05, 4.69) is 20.5 Å². The molecule has 2 aliphatic carbocycles. The number of alkyl halides is 3. The third-order valence-corrected chi connectivity index (χ3v) is 6.10.